The Morgan fingerprint density at radius 1 is 1.15 bits per heavy atom. The molecule has 2 atom stereocenters. The average molecular weight is 271 g/mol. The number of rotatable bonds is 5. The maximum Gasteiger partial charge on any atom is 0.119 e. The normalized spacial score (nSPS) is 13.9. The molecule has 3 nitrogen and oxygen atoms in total. The molecule has 1 aromatic heterocycles. The van der Waals surface area contributed by atoms with Gasteiger partial charge in [-0.1, -0.05) is 32.0 Å². The number of para-hydroxylation sites is 1. The van der Waals surface area contributed by atoms with E-state index in [-0.39, 0.29) is 11.7 Å². The number of nitrogens with zero attached hydrogens (tertiary/aromatic N) is 1. The monoisotopic (exact) mass is 271 g/mol. The van der Waals surface area contributed by atoms with E-state index in [1.165, 1.54) is 0 Å². The van der Waals surface area contributed by atoms with Crippen molar-refractivity contribution in [3.8, 4) is 5.75 Å². The summed E-state index contributed by atoms with van der Waals surface area (Å²) in [5.41, 5.74) is 2.88. The summed E-state index contributed by atoms with van der Waals surface area (Å²) >= 11 is 0. The lowest BCUT2D eigenvalue weighted by atomic mass is 9.90. The highest BCUT2D eigenvalue weighted by Gasteiger charge is 2.18. The van der Waals surface area contributed by atoms with Crippen molar-refractivity contribution in [2.24, 2.45) is 0 Å². The smallest absolute Gasteiger partial charge is 0.119 e. The zero-order valence-electron chi connectivity index (χ0n) is 12.0. The van der Waals surface area contributed by atoms with Gasteiger partial charge in [-0.25, -0.2) is 0 Å². The van der Waals surface area contributed by atoms with Crippen molar-refractivity contribution in [1.82, 2.24) is 4.98 Å². The molecule has 0 radical (unpaired) electrons. The van der Waals surface area contributed by atoms with Gasteiger partial charge in [0.05, 0.1) is 6.10 Å². The maximum atomic E-state index is 10.4. The third kappa shape index (κ3) is 3.17. The van der Waals surface area contributed by atoms with Crippen molar-refractivity contribution in [3.63, 3.8) is 0 Å². The summed E-state index contributed by atoms with van der Waals surface area (Å²) in [7, 11) is 0. The lowest BCUT2D eigenvalue weighted by Crippen LogP contribution is -2.06. The van der Waals surface area contributed by atoms with Crippen LogP contribution in [0.15, 0.2) is 42.7 Å². The van der Waals surface area contributed by atoms with Gasteiger partial charge in [-0.15, -0.1) is 0 Å². The van der Waals surface area contributed by atoms with Crippen molar-refractivity contribution in [1.29, 1.82) is 0 Å². The predicted octanol–water partition coefficient (Wildman–Crippen LogP) is 3.58. The van der Waals surface area contributed by atoms with E-state index in [0.29, 0.717) is 6.42 Å². The van der Waals surface area contributed by atoms with Crippen LogP contribution in [0.4, 0.5) is 0 Å². The molecule has 0 fully saturated rings. The minimum atomic E-state index is -0.539. The Hall–Kier alpha value is -1.87. The lowest BCUT2D eigenvalue weighted by molar-refractivity contribution is 0.158. The fourth-order valence-electron chi connectivity index (χ4n) is 2.55. The van der Waals surface area contributed by atoms with E-state index in [9.17, 15) is 10.2 Å². The summed E-state index contributed by atoms with van der Waals surface area (Å²) in [4.78, 5) is 4.10. The van der Waals surface area contributed by atoms with Crippen LogP contribution < -0.4 is 0 Å². The van der Waals surface area contributed by atoms with Gasteiger partial charge >= 0.3 is 0 Å². The van der Waals surface area contributed by atoms with Crippen LogP contribution >= 0.6 is 0 Å². The molecule has 0 amide bonds. The number of benzene rings is 1. The Kier molecular flexibility index (Phi) is 4.74. The van der Waals surface area contributed by atoms with Crippen LogP contribution in [0.1, 0.15) is 49.0 Å². The molecule has 106 valence electrons. The Morgan fingerprint density at radius 3 is 2.60 bits per heavy atom. The highest BCUT2D eigenvalue weighted by molar-refractivity contribution is 5.35. The van der Waals surface area contributed by atoms with E-state index < -0.39 is 6.10 Å². The SMILES string of the molecule is CCc1cnccc1C(O)CC(C)c1ccccc1O. The fourth-order valence-corrected chi connectivity index (χ4v) is 2.55. The van der Waals surface area contributed by atoms with Crippen molar-refractivity contribution in [2.45, 2.75) is 38.7 Å². The standard InChI is InChI=1S/C17H21NO2/c1-3-13-11-18-9-8-15(13)17(20)10-12(2)14-6-4-5-7-16(14)19/h4-9,11-12,17,19-20H,3,10H2,1-2H3. The molecule has 2 rings (SSSR count). The van der Waals surface area contributed by atoms with Crippen molar-refractivity contribution in [3.05, 3.63) is 59.4 Å². The van der Waals surface area contributed by atoms with E-state index in [2.05, 4.69) is 11.9 Å². The molecular weight excluding hydrogens is 250 g/mol. The molecule has 0 aliphatic rings. The van der Waals surface area contributed by atoms with E-state index in [1.807, 2.05) is 31.3 Å². The van der Waals surface area contributed by atoms with Gasteiger partial charge in [0, 0.05) is 12.4 Å². The number of aliphatic hydroxyl groups excluding tert-OH is 1. The molecule has 1 heterocycles. The first-order valence-electron chi connectivity index (χ1n) is 7.02. The van der Waals surface area contributed by atoms with Crippen LogP contribution in [0.2, 0.25) is 0 Å². The zero-order chi connectivity index (χ0) is 14.5. The number of pyridine rings is 1. The number of phenols is 1. The van der Waals surface area contributed by atoms with Gasteiger partial charge in [0.2, 0.25) is 0 Å². The van der Waals surface area contributed by atoms with Gasteiger partial charge in [0.25, 0.3) is 0 Å². The second-order valence-electron chi connectivity index (χ2n) is 5.14. The minimum Gasteiger partial charge on any atom is -0.508 e. The lowest BCUT2D eigenvalue weighted by Gasteiger charge is -2.19. The number of aromatic hydroxyl groups is 1. The number of phenolic OH excluding ortho intramolecular Hbond substituents is 1. The zero-order valence-corrected chi connectivity index (χ0v) is 12.0. The van der Waals surface area contributed by atoms with E-state index >= 15 is 0 Å². The molecule has 0 spiro atoms. The molecule has 0 aliphatic heterocycles. The van der Waals surface area contributed by atoms with E-state index in [4.69, 9.17) is 0 Å². The number of aryl methyl sites for hydroxylation is 1. The number of aliphatic hydroxyl groups is 1. The molecule has 0 aliphatic carbocycles. The van der Waals surface area contributed by atoms with Crippen molar-refractivity contribution in [2.75, 3.05) is 0 Å². The van der Waals surface area contributed by atoms with Gasteiger partial charge in [0.1, 0.15) is 5.75 Å². The first kappa shape index (κ1) is 14.5. The molecule has 1 aromatic carbocycles. The van der Waals surface area contributed by atoms with Crippen LogP contribution in [0.25, 0.3) is 0 Å². The molecule has 2 aromatic rings. The topological polar surface area (TPSA) is 53.4 Å². The number of hydrogen-bond acceptors (Lipinski definition) is 3. The molecule has 0 bridgehead atoms. The van der Waals surface area contributed by atoms with Crippen LogP contribution in [0.5, 0.6) is 5.75 Å². The van der Waals surface area contributed by atoms with E-state index in [1.54, 1.807) is 18.3 Å². The third-order valence-corrected chi connectivity index (χ3v) is 3.73. The Bertz CT molecular complexity index is 568. The number of hydrogen-bond donors (Lipinski definition) is 2. The molecular formula is C17H21NO2. The Morgan fingerprint density at radius 2 is 1.90 bits per heavy atom. The fraction of sp³-hybridized carbons (Fsp3) is 0.353. The largest absolute Gasteiger partial charge is 0.508 e. The second kappa shape index (κ2) is 6.53. The highest BCUT2D eigenvalue weighted by Crippen LogP contribution is 2.33. The summed E-state index contributed by atoms with van der Waals surface area (Å²) in [5.74, 6) is 0.377. The summed E-state index contributed by atoms with van der Waals surface area (Å²) in [6.07, 6.45) is 4.41. The summed E-state index contributed by atoms with van der Waals surface area (Å²) in [6, 6.07) is 9.17. The second-order valence-corrected chi connectivity index (χ2v) is 5.14. The Balaban J connectivity index is 2.15. The molecule has 0 saturated heterocycles. The van der Waals surface area contributed by atoms with Gasteiger partial charge in [0.15, 0.2) is 0 Å². The van der Waals surface area contributed by atoms with Crippen LogP contribution in [-0.2, 0) is 6.42 Å². The summed E-state index contributed by atoms with van der Waals surface area (Å²) in [6.45, 7) is 4.07. The third-order valence-electron chi connectivity index (χ3n) is 3.73. The minimum absolute atomic E-state index is 0.0871. The van der Waals surface area contributed by atoms with Crippen LogP contribution in [0.3, 0.4) is 0 Å². The van der Waals surface area contributed by atoms with Crippen molar-refractivity contribution >= 4 is 0 Å². The summed E-state index contributed by atoms with van der Waals surface area (Å²) in [5, 5.41) is 20.3. The van der Waals surface area contributed by atoms with Gasteiger partial charge < -0.3 is 10.2 Å². The first-order valence-corrected chi connectivity index (χ1v) is 7.02. The molecule has 20 heavy (non-hydrogen) atoms. The predicted molar refractivity (Wildman–Crippen MR) is 79.7 cm³/mol. The van der Waals surface area contributed by atoms with Crippen molar-refractivity contribution < 1.29 is 10.2 Å². The number of aromatic nitrogens is 1. The first-order chi connectivity index (χ1) is 9.63. The molecule has 3 heteroatoms. The molecule has 2 N–H and O–H groups in total. The van der Waals surface area contributed by atoms with Gasteiger partial charge in [-0.05, 0) is 47.6 Å². The average Bonchev–Trinajstić information content (AvgIpc) is 2.47. The molecule has 2 unspecified atom stereocenters. The molecule has 0 saturated carbocycles. The van der Waals surface area contributed by atoms with Gasteiger partial charge in [-0.3, -0.25) is 4.98 Å². The summed E-state index contributed by atoms with van der Waals surface area (Å²) < 4.78 is 0. The highest BCUT2D eigenvalue weighted by atomic mass is 16.3. The van der Waals surface area contributed by atoms with E-state index in [0.717, 1.165) is 23.1 Å². The maximum absolute atomic E-state index is 10.4. The van der Waals surface area contributed by atoms with Gasteiger partial charge in [-0.2, -0.15) is 0 Å². The Labute approximate surface area is 119 Å². The van der Waals surface area contributed by atoms with Crippen LogP contribution in [0, 0.1) is 0 Å². The quantitative estimate of drug-likeness (QED) is 0.874. The van der Waals surface area contributed by atoms with Crippen LogP contribution in [-0.4, -0.2) is 15.2 Å².